The Bertz CT molecular complexity index is 343. The molecule has 3 nitrogen and oxygen atoms in total. The van der Waals surface area contributed by atoms with E-state index in [2.05, 4.69) is 0 Å². The van der Waals surface area contributed by atoms with Crippen molar-refractivity contribution in [2.45, 2.75) is 57.5 Å². The SMILES string of the molecule is O=S(=O)(Cl)CC1(COC2CCC2)CCCCC1. The van der Waals surface area contributed by atoms with E-state index in [4.69, 9.17) is 15.4 Å². The number of hydrogen-bond acceptors (Lipinski definition) is 3. The van der Waals surface area contributed by atoms with Crippen LogP contribution in [0.15, 0.2) is 0 Å². The minimum Gasteiger partial charge on any atom is -0.378 e. The summed E-state index contributed by atoms with van der Waals surface area (Å²) in [7, 11) is 2.01. The average molecular weight is 281 g/mol. The predicted molar refractivity (Wildman–Crippen MR) is 68.7 cm³/mol. The van der Waals surface area contributed by atoms with E-state index in [-0.39, 0.29) is 11.2 Å². The second-order valence-corrected chi connectivity index (χ2v) is 8.38. The van der Waals surface area contributed by atoms with Gasteiger partial charge >= 0.3 is 0 Å². The Labute approximate surface area is 108 Å². The molecule has 0 N–H and O–H groups in total. The van der Waals surface area contributed by atoms with Crippen LogP contribution in [0, 0.1) is 5.41 Å². The van der Waals surface area contributed by atoms with Gasteiger partial charge < -0.3 is 4.74 Å². The molecule has 17 heavy (non-hydrogen) atoms. The third-order valence-corrected chi connectivity index (χ3v) is 5.35. The first-order valence-electron chi connectivity index (χ1n) is 6.53. The average Bonchev–Trinajstić information content (AvgIpc) is 2.13. The van der Waals surface area contributed by atoms with E-state index in [0.29, 0.717) is 12.7 Å². The Hall–Kier alpha value is 0.200. The highest BCUT2D eigenvalue weighted by Gasteiger charge is 2.37. The highest BCUT2D eigenvalue weighted by atomic mass is 35.7. The largest absolute Gasteiger partial charge is 0.378 e. The van der Waals surface area contributed by atoms with E-state index in [0.717, 1.165) is 38.5 Å². The number of hydrogen-bond donors (Lipinski definition) is 0. The summed E-state index contributed by atoms with van der Waals surface area (Å²) in [5.74, 6) is 0.0777. The number of ether oxygens (including phenoxy) is 1. The van der Waals surface area contributed by atoms with Gasteiger partial charge in [0.1, 0.15) is 0 Å². The maximum atomic E-state index is 11.3. The summed E-state index contributed by atoms with van der Waals surface area (Å²) < 4.78 is 28.5. The first-order valence-corrected chi connectivity index (χ1v) is 9.01. The second kappa shape index (κ2) is 5.45. The Morgan fingerprint density at radius 2 is 1.76 bits per heavy atom. The third kappa shape index (κ3) is 4.11. The fourth-order valence-electron chi connectivity index (χ4n) is 2.83. The monoisotopic (exact) mass is 280 g/mol. The molecule has 2 rings (SSSR count). The van der Waals surface area contributed by atoms with Crippen LogP contribution in [-0.2, 0) is 13.8 Å². The van der Waals surface area contributed by atoms with E-state index in [1.54, 1.807) is 0 Å². The van der Waals surface area contributed by atoms with Gasteiger partial charge in [-0.05, 0) is 32.1 Å². The topological polar surface area (TPSA) is 43.4 Å². The maximum Gasteiger partial charge on any atom is 0.233 e. The number of halogens is 1. The third-order valence-electron chi connectivity index (χ3n) is 4.07. The first kappa shape index (κ1) is 13.6. The Kier molecular flexibility index (Phi) is 4.37. The van der Waals surface area contributed by atoms with Crippen LogP contribution >= 0.6 is 10.7 Å². The minimum atomic E-state index is -3.43. The van der Waals surface area contributed by atoms with Crippen LogP contribution in [0.25, 0.3) is 0 Å². The molecule has 0 bridgehead atoms. The van der Waals surface area contributed by atoms with Crippen LogP contribution < -0.4 is 0 Å². The van der Waals surface area contributed by atoms with Crippen LogP contribution in [0.3, 0.4) is 0 Å². The molecule has 0 spiro atoms. The van der Waals surface area contributed by atoms with Gasteiger partial charge in [-0.1, -0.05) is 19.3 Å². The van der Waals surface area contributed by atoms with Crippen molar-refractivity contribution >= 4 is 19.7 Å². The van der Waals surface area contributed by atoms with Gasteiger partial charge in [-0.2, -0.15) is 0 Å². The predicted octanol–water partition coefficient (Wildman–Crippen LogP) is 3.07. The zero-order chi connectivity index (χ0) is 12.4. The summed E-state index contributed by atoms with van der Waals surface area (Å²) in [6.45, 7) is 0.573. The Morgan fingerprint density at radius 3 is 2.24 bits per heavy atom. The van der Waals surface area contributed by atoms with E-state index in [1.165, 1.54) is 12.8 Å². The molecule has 2 fully saturated rings. The van der Waals surface area contributed by atoms with Gasteiger partial charge in [0, 0.05) is 16.1 Å². The number of rotatable bonds is 5. The van der Waals surface area contributed by atoms with E-state index in [9.17, 15) is 8.42 Å². The van der Waals surface area contributed by atoms with Gasteiger partial charge in [-0.3, -0.25) is 0 Å². The van der Waals surface area contributed by atoms with Crippen LogP contribution in [-0.4, -0.2) is 26.9 Å². The van der Waals surface area contributed by atoms with Gasteiger partial charge in [0.05, 0.1) is 18.5 Å². The Morgan fingerprint density at radius 1 is 1.12 bits per heavy atom. The fourth-order valence-corrected chi connectivity index (χ4v) is 4.63. The normalized spacial score (nSPS) is 25.5. The van der Waals surface area contributed by atoms with E-state index < -0.39 is 9.05 Å². The summed E-state index contributed by atoms with van der Waals surface area (Å²) in [6.07, 6.45) is 9.14. The molecule has 0 unspecified atom stereocenters. The molecule has 2 aliphatic rings. The van der Waals surface area contributed by atoms with E-state index in [1.807, 2.05) is 0 Å². The maximum absolute atomic E-state index is 11.3. The minimum absolute atomic E-state index is 0.0777. The fraction of sp³-hybridized carbons (Fsp3) is 1.00. The summed E-state index contributed by atoms with van der Waals surface area (Å²) in [5, 5.41) is 0. The van der Waals surface area contributed by atoms with Gasteiger partial charge in [0.15, 0.2) is 0 Å². The van der Waals surface area contributed by atoms with Gasteiger partial charge in [-0.15, -0.1) is 0 Å². The van der Waals surface area contributed by atoms with Gasteiger partial charge in [0.2, 0.25) is 9.05 Å². The molecule has 100 valence electrons. The van der Waals surface area contributed by atoms with Crippen LogP contribution in [0.5, 0.6) is 0 Å². The van der Waals surface area contributed by atoms with Crippen LogP contribution in [0.2, 0.25) is 0 Å². The molecule has 2 aliphatic carbocycles. The lowest BCUT2D eigenvalue weighted by Crippen LogP contribution is -2.38. The van der Waals surface area contributed by atoms with Crippen LogP contribution in [0.4, 0.5) is 0 Å². The lowest BCUT2D eigenvalue weighted by atomic mass is 9.76. The molecule has 0 aromatic carbocycles. The highest BCUT2D eigenvalue weighted by molar-refractivity contribution is 8.13. The molecule has 0 aliphatic heterocycles. The van der Waals surface area contributed by atoms with Crippen LogP contribution in [0.1, 0.15) is 51.4 Å². The van der Waals surface area contributed by atoms with Crippen molar-refractivity contribution in [1.29, 1.82) is 0 Å². The first-order chi connectivity index (χ1) is 7.99. The lowest BCUT2D eigenvalue weighted by Gasteiger charge is -2.38. The molecular weight excluding hydrogens is 260 g/mol. The summed E-state index contributed by atoms with van der Waals surface area (Å²) in [6, 6.07) is 0. The van der Waals surface area contributed by atoms with Crippen molar-refractivity contribution in [2.75, 3.05) is 12.4 Å². The quantitative estimate of drug-likeness (QED) is 0.727. The second-order valence-electron chi connectivity index (χ2n) is 5.61. The van der Waals surface area contributed by atoms with Crippen molar-refractivity contribution < 1.29 is 13.2 Å². The molecule has 0 heterocycles. The molecule has 0 aromatic rings. The van der Waals surface area contributed by atoms with Crippen molar-refractivity contribution in [3.63, 3.8) is 0 Å². The van der Waals surface area contributed by atoms with E-state index >= 15 is 0 Å². The molecule has 0 saturated heterocycles. The van der Waals surface area contributed by atoms with Gasteiger partial charge in [-0.25, -0.2) is 8.42 Å². The highest BCUT2D eigenvalue weighted by Crippen LogP contribution is 2.39. The Balaban J connectivity index is 1.95. The summed E-state index contributed by atoms with van der Waals surface area (Å²) in [4.78, 5) is 0. The van der Waals surface area contributed by atoms with Crippen molar-refractivity contribution in [2.24, 2.45) is 5.41 Å². The lowest BCUT2D eigenvalue weighted by molar-refractivity contribution is -0.0487. The molecule has 0 atom stereocenters. The molecule has 0 aromatic heterocycles. The molecule has 2 saturated carbocycles. The smallest absolute Gasteiger partial charge is 0.233 e. The van der Waals surface area contributed by atoms with Crippen molar-refractivity contribution in [3.05, 3.63) is 0 Å². The summed E-state index contributed by atoms with van der Waals surface area (Å²) >= 11 is 0. The van der Waals surface area contributed by atoms with Crippen molar-refractivity contribution in [1.82, 2.24) is 0 Å². The van der Waals surface area contributed by atoms with Crippen molar-refractivity contribution in [3.8, 4) is 0 Å². The zero-order valence-corrected chi connectivity index (χ0v) is 11.7. The molecule has 5 heteroatoms. The zero-order valence-electron chi connectivity index (χ0n) is 10.2. The molecule has 0 amide bonds. The standard InChI is InChI=1S/C12H21ClO3S/c13-17(14,15)10-12(7-2-1-3-8-12)9-16-11-5-4-6-11/h11H,1-10H2. The van der Waals surface area contributed by atoms with Gasteiger partial charge in [0.25, 0.3) is 0 Å². The molecular formula is C12H21ClO3S. The molecule has 0 radical (unpaired) electrons. The summed E-state index contributed by atoms with van der Waals surface area (Å²) in [5.41, 5.74) is -0.214.